The number of nitrogens with one attached hydrogen (secondary N) is 1. The third kappa shape index (κ3) is 6.31. The molecular formula is C33H44FN3O5Si. The van der Waals surface area contributed by atoms with E-state index in [1.807, 2.05) is 57.3 Å². The van der Waals surface area contributed by atoms with E-state index in [9.17, 15) is 14.0 Å². The molecule has 10 heteroatoms. The number of carbonyl (C=O) groups excluding carboxylic acids is 2. The molecule has 3 unspecified atom stereocenters. The van der Waals surface area contributed by atoms with Gasteiger partial charge in [0.1, 0.15) is 18.0 Å². The van der Waals surface area contributed by atoms with Gasteiger partial charge in [-0.2, -0.15) is 0 Å². The lowest BCUT2D eigenvalue weighted by Crippen LogP contribution is -2.51. The average molecular weight is 610 g/mol. The summed E-state index contributed by atoms with van der Waals surface area (Å²) in [4.78, 5) is 34.3. The number of aromatic nitrogens is 1. The number of rotatable bonds is 5. The molecule has 4 atom stereocenters. The molecule has 2 aliphatic rings. The van der Waals surface area contributed by atoms with E-state index in [2.05, 4.69) is 38.8 Å². The Kier molecular flexibility index (Phi) is 8.15. The molecular weight excluding hydrogens is 565 g/mol. The van der Waals surface area contributed by atoms with E-state index in [0.29, 0.717) is 12.1 Å². The van der Waals surface area contributed by atoms with Crippen LogP contribution in [-0.4, -0.2) is 72.2 Å². The smallest absolute Gasteiger partial charge is 0.410 e. The van der Waals surface area contributed by atoms with Gasteiger partial charge in [-0.1, -0.05) is 51.1 Å². The van der Waals surface area contributed by atoms with Crippen molar-refractivity contribution in [3.05, 3.63) is 71.7 Å². The molecule has 2 amide bonds. The first-order chi connectivity index (χ1) is 20.1. The molecule has 0 aliphatic carbocycles. The molecule has 0 radical (unpaired) electrons. The van der Waals surface area contributed by atoms with E-state index in [1.54, 1.807) is 15.9 Å². The maximum Gasteiger partial charge on any atom is 0.410 e. The summed E-state index contributed by atoms with van der Waals surface area (Å²) in [7, 11) is -2.32. The Labute approximate surface area is 254 Å². The lowest BCUT2D eigenvalue weighted by Gasteiger charge is -2.40. The molecule has 0 spiro atoms. The van der Waals surface area contributed by atoms with Crippen LogP contribution in [0, 0.1) is 5.82 Å². The summed E-state index contributed by atoms with van der Waals surface area (Å²) in [6.45, 7) is 17.1. The molecule has 2 aromatic carbocycles. The summed E-state index contributed by atoms with van der Waals surface area (Å²) in [5.41, 5.74) is 1.75. The molecule has 3 heterocycles. The largest absolute Gasteiger partial charge is 0.445 e. The number of aromatic amines is 1. The highest BCUT2D eigenvalue weighted by molar-refractivity contribution is 6.74. The number of fused-ring (bicyclic) bond motifs is 2. The van der Waals surface area contributed by atoms with Crippen molar-refractivity contribution in [3.8, 4) is 0 Å². The predicted octanol–water partition coefficient (Wildman–Crippen LogP) is 7.42. The Morgan fingerprint density at radius 1 is 0.953 bits per heavy atom. The van der Waals surface area contributed by atoms with E-state index in [1.165, 1.54) is 12.1 Å². The highest BCUT2D eigenvalue weighted by Crippen LogP contribution is 2.47. The third-order valence-corrected chi connectivity index (χ3v) is 13.5. The lowest BCUT2D eigenvalue weighted by atomic mass is 9.91. The number of amides is 2. The third-order valence-electron chi connectivity index (χ3n) is 9.03. The van der Waals surface area contributed by atoms with Gasteiger partial charge in [0, 0.05) is 29.6 Å². The van der Waals surface area contributed by atoms with E-state index >= 15 is 0 Å². The van der Waals surface area contributed by atoms with Gasteiger partial charge in [0.2, 0.25) is 0 Å². The second kappa shape index (κ2) is 11.3. The van der Waals surface area contributed by atoms with Crippen LogP contribution >= 0.6 is 0 Å². The molecule has 2 aliphatic heterocycles. The van der Waals surface area contributed by atoms with Crippen LogP contribution in [0.25, 0.3) is 10.9 Å². The molecule has 0 bridgehead atoms. The SMILES string of the molecule is CC(C)(C)OC(=O)N1C[C@@H](O[Si](C)(C)C(C)(C)C)C2C1C(c1c[nH]c3cc(F)ccc13)CN2C(=O)OCc1ccccc1. The summed E-state index contributed by atoms with van der Waals surface area (Å²) >= 11 is 0. The highest BCUT2D eigenvalue weighted by atomic mass is 28.4. The van der Waals surface area contributed by atoms with E-state index < -0.39 is 44.3 Å². The van der Waals surface area contributed by atoms with Crippen LogP contribution in [-0.2, 0) is 20.5 Å². The Balaban J connectivity index is 1.56. The van der Waals surface area contributed by atoms with Crippen LogP contribution in [0.2, 0.25) is 18.1 Å². The van der Waals surface area contributed by atoms with Crippen molar-refractivity contribution in [1.29, 1.82) is 0 Å². The molecule has 2 saturated heterocycles. The van der Waals surface area contributed by atoms with E-state index in [0.717, 1.165) is 16.5 Å². The molecule has 232 valence electrons. The van der Waals surface area contributed by atoms with Crippen molar-refractivity contribution in [1.82, 2.24) is 14.8 Å². The number of carbonyl (C=O) groups is 2. The van der Waals surface area contributed by atoms with Crippen LogP contribution in [0.4, 0.5) is 14.0 Å². The zero-order valence-electron chi connectivity index (χ0n) is 26.4. The van der Waals surface area contributed by atoms with Crippen LogP contribution in [0.1, 0.15) is 58.6 Å². The van der Waals surface area contributed by atoms with Crippen molar-refractivity contribution in [2.45, 2.75) is 96.0 Å². The van der Waals surface area contributed by atoms with Gasteiger partial charge in [-0.3, -0.25) is 9.80 Å². The monoisotopic (exact) mass is 609 g/mol. The fourth-order valence-electron chi connectivity index (χ4n) is 6.00. The maximum absolute atomic E-state index is 14.1. The van der Waals surface area contributed by atoms with Gasteiger partial charge >= 0.3 is 12.2 Å². The van der Waals surface area contributed by atoms with Crippen LogP contribution < -0.4 is 0 Å². The minimum absolute atomic E-state index is 0.0839. The first-order valence-electron chi connectivity index (χ1n) is 15.0. The molecule has 8 nitrogen and oxygen atoms in total. The van der Waals surface area contributed by atoms with Crippen molar-refractivity contribution < 1.29 is 27.9 Å². The molecule has 0 saturated carbocycles. The molecule has 2 fully saturated rings. The highest BCUT2D eigenvalue weighted by Gasteiger charge is 2.60. The van der Waals surface area contributed by atoms with Crippen LogP contribution in [0.5, 0.6) is 0 Å². The number of ether oxygens (including phenoxy) is 2. The Bertz CT molecular complexity index is 1480. The lowest BCUT2D eigenvalue weighted by molar-refractivity contribution is 0.0199. The second-order valence-electron chi connectivity index (χ2n) is 14.3. The normalized spacial score (nSPS) is 22.6. The predicted molar refractivity (Wildman–Crippen MR) is 167 cm³/mol. The topological polar surface area (TPSA) is 84.1 Å². The number of likely N-dealkylation sites (tertiary alicyclic amines) is 2. The summed E-state index contributed by atoms with van der Waals surface area (Å²) in [5.74, 6) is -0.621. The molecule has 1 N–H and O–H groups in total. The van der Waals surface area contributed by atoms with Crippen molar-refractivity contribution >= 4 is 31.4 Å². The fraction of sp³-hybridized carbons (Fsp3) is 0.515. The number of nitrogens with zero attached hydrogens (tertiary/aromatic N) is 2. The van der Waals surface area contributed by atoms with Crippen LogP contribution in [0.15, 0.2) is 54.7 Å². The average Bonchev–Trinajstić information content (AvgIpc) is 3.59. The second-order valence-corrected chi connectivity index (χ2v) is 19.0. The molecule has 43 heavy (non-hydrogen) atoms. The zero-order valence-corrected chi connectivity index (χ0v) is 27.4. The van der Waals surface area contributed by atoms with Gasteiger partial charge in [-0.05, 0) is 68.2 Å². The summed E-state index contributed by atoms with van der Waals surface area (Å²) < 4.78 is 32.8. The number of hydrogen-bond donors (Lipinski definition) is 1. The van der Waals surface area contributed by atoms with Gasteiger partial charge in [0.05, 0.1) is 24.7 Å². The summed E-state index contributed by atoms with van der Waals surface area (Å²) in [6.07, 6.45) is 0.525. The van der Waals surface area contributed by atoms with Gasteiger partial charge in [0.25, 0.3) is 0 Å². The van der Waals surface area contributed by atoms with E-state index in [-0.39, 0.29) is 29.9 Å². The van der Waals surface area contributed by atoms with Gasteiger partial charge in [-0.25, -0.2) is 14.0 Å². The Morgan fingerprint density at radius 3 is 2.28 bits per heavy atom. The molecule has 3 aromatic rings. The quantitative estimate of drug-likeness (QED) is 0.304. The number of benzene rings is 2. The summed E-state index contributed by atoms with van der Waals surface area (Å²) in [6, 6.07) is 13.3. The van der Waals surface area contributed by atoms with Crippen molar-refractivity contribution in [3.63, 3.8) is 0 Å². The number of halogens is 1. The van der Waals surface area contributed by atoms with Gasteiger partial charge in [0.15, 0.2) is 8.32 Å². The van der Waals surface area contributed by atoms with Crippen molar-refractivity contribution in [2.24, 2.45) is 0 Å². The van der Waals surface area contributed by atoms with Crippen LogP contribution in [0.3, 0.4) is 0 Å². The number of H-pyrrole nitrogens is 1. The zero-order chi connectivity index (χ0) is 31.3. The molecule has 5 rings (SSSR count). The summed E-state index contributed by atoms with van der Waals surface area (Å²) in [5, 5.41) is 0.766. The van der Waals surface area contributed by atoms with E-state index in [4.69, 9.17) is 13.9 Å². The first kappa shape index (κ1) is 31.1. The van der Waals surface area contributed by atoms with Crippen molar-refractivity contribution in [2.75, 3.05) is 13.1 Å². The fourth-order valence-corrected chi connectivity index (χ4v) is 7.32. The minimum Gasteiger partial charge on any atom is -0.445 e. The van der Waals surface area contributed by atoms with Gasteiger partial charge < -0.3 is 18.9 Å². The Hall–Kier alpha value is -3.37. The number of hydrogen-bond acceptors (Lipinski definition) is 5. The standard InChI is InChI=1S/C33H44FN3O5Si/c1-32(2,3)41-31(39)37-19-27(42-43(7,8)33(4,5)6)29-28(37)25(24-17-35-26-16-22(34)14-15-23(24)26)18-36(29)30(38)40-20-21-12-10-9-11-13-21/h9-17,25,27-29,35H,18-20H2,1-8H3/t25?,27-,28?,29?/m1/s1. The first-order valence-corrected chi connectivity index (χ1v) is 17.9. The minimum atomic E-state index is -2.32. The van der Waals surface area contributed by atoms with Gasteiger partial charge in [-0.15, -0.1) is 0 Å². The Morgan fingerprint density at radius 2 is 1.63 bits per heavy atom. The molecule has 1 aromatic heterocycles. The maximum atomic E-state index is 14.1.